The summed E-state index contributed by atoms with van der Waals surface area (Å²) in [6.07, 6.45) is 1.64. The molecule has 0 radical (unpaired) electrons. The first-order valence-corrected chi connectivity index (χ1v) is 5.77. The summed E-state index contributed by atoms with van der Waals surface area (Å²) < 4.78 is 16.0. The van der Waals surface area contributed by atoms with E-state index in [-0.39, 0.29) is 0 Å². The van der Waals surface area contributed by atoms with E-state index < -0.39 is 10.8 Å². The summed E-state index contributed by atoms with van der Waals surface area (Å²) in [5, 5.41) is 8.73. The molecule has 0 aliphatic heterocycles. The van der Waals surface area contributed by atoms with Crippen LogP contribution in [0.25, 0.3) is 0 Å². The molecule has 0 bridgehead atoms. The molecule has 0 aliphatic rings. The van der Waals surface area contributed by atoms with Crippen LogP contribution in [0.5, 0.6) is 5.75 Å². The first-order chi connectivity index (χ1) is 6.67. The van der Waals surface area contributed by atoms with Gasteiger partial charge in [-0.2, -0.15) is 5.26 Å². The van der Waals surface area contributed by atoms with Crippen molar-refractivity contribution in [2.24, 2.45) is 0 Å². The van der Waals surface area contributed by atoms with Gasteiger partial charge in [0.1, 0.15) is 11.8 Å². The van der Waals surface area contributed by atoms with E-state index in [0.29, 0.717) is 17.1 Å². The van der Waals surface area contributed by atoms with Crippen molar-refractivity contribution in [1.82, 2.24) is 0 Å². The molecule has 0 aliphatic carbocycles. The van der Waals surface area contributed by atoms with Gasteiger partial charge in [-0.3, -0.25) is 4.21 Å². The Morgan fingerprint density at radius 2 is 2.29 bits per heavy atom. The second-order valence-corrected chi connectivity index (χ2v) is 4.30. The van der Waals surface area contributed by atoms with Gasteiger partial charge >= 0.3 is 0 Å². The van der Waals surface area contributed by atoms with Gasteiger partial charge in [-0.15, -0.1) is 0 Å². The monoisotopic (exact) mass is 209 g/mol. The number of benzene rings is 1. The van der Waals surface area contributed by atoms with Gasteiger partial charge in [0.25, 0.3) is 0 Å². The molecule has 1 atom stereocenters. The Morgan fingerprint density at radius 1 is 1.57 bits per heavy atom. The van der Waals surface area contributed by atoms with Crippen molar-refractivity contribution in [3.05, 3.63) is 29.3 Å². The lowest BCUT2D eigenvalue weighted by Gasteiger charge is -2.04. The summed E-state index contributed by atoms with van der Waals surface area (Å²) in [7, 11) is 0.643. The molecule has 0 amide bonds. The number of nitrogens with zero attached hydrogens (tertiary/aromatic N) is 1. The average Bonchev–Trinajstić information content (AvgIpc) is 2.16. The van der Waals surface area contributed by atoms with Crippen molar-refractivity contribution in [1.29, 1.82) is 5.26 Å². The van der Waals surface area contributed by atoms with Crippen LogP contribution in [-0.2, 0) is 16.6 Å². The summed E-state index contributed by atoms with van der Waals surface area (Å²) in [6, 6.07) is 7.25. The zero-order valence-corrected chi connectivity index (χ0v) is 8.93. The third-order valence-electron chi connectivity index (χ3n) is 1.76. The number of nitriles is 1. The highest BCUT2D eigenvalue weighted by atomic mass is 32.2. The predicted molar refractivity (Wildman–Crippen MR) is 55.5 cm³/mol. The normalized spacial score (nSPS) is 11.8. The molecular weight excluding hydrogens is 198 g/mol. The molecule has 3 nitrogen and oxygen atoms in total. The van der Waals surface area contributed by atoms with Crippen molar-refractivity contribution >= 4 is 10.8 Å². The van der Waals surface area contributed by atoms with Gasteiger partial charge in [-0.1, -0.05) is 6.07 Å². The summed E-state index contributed by atoms with van der Waals surface area (Å²) in [5.41, 5.74) is 1.42. The number of hydrogen-bond donors (Lipinski definition) is 0. The fourth-order valence-corrected chi connectivity index (χ4v) is 1.80. The van der Waals surface area contributed by atoms with Crippen molar-refractivity contribution in [2.75, 3.05) is 13.4 Å². The van der Waals surface area contributed by atoms with Crippen LogP contribution in [0.2, 0.25) is 0 Å². The zero-order chi connectivity index (χ0) is 10.6. The van der Waals surface area contributed by atoms with E-state index in [4.69, 9.17) is 10.00 Å². The maximum Gasteiger partial charge on any atom is 0.136 e. The van der Waals surface area contributed by atoms with E-state index in [0.717, 1.165) is 5.56 Å². The van der Waals surface area contributed by atoms with E-state index in [1.54, 1.807) is 24.5 Å². The minimum absolute atomic E-state index is 0.488. The Morgan fingerprint density at radius 3 is 2.79 bits per heavy atom. The number of rotatable bonds is 3. The van der Waals surface area contributed by atoms with E-state index in [1.807, 2.05) is 6.07 Å². The smallest absolute Gasteiger partial charge is 0.136 e. The van der Waals surface area contributed by atoms with Crippen LogP contribution in [-0.4, -0.2) is 17.6 Å². The fourth-order valence-electron chi connectivity index (χ4n) is 1.15. The van der Waals surface area contributed by atoms with Gasteiger partial charge in [0.2, 0.25) is 0 Å². The van der Waals surface area contributed by atoms with Crippen molar-refractivity contribution in [3.8, 4) is 11.8 Å². The molecule has 1 unspecified atom stereocenters. The third-order valence-corrected chi connectivity index (χ3v) is 2.50. The van der Waals surface area contributed by atoms with Crippen LogP contribution < -0.4 is 4.74 Å². The van der Waals surface area contributed by atoms with Gasteiger partial charge in [-0.25, -0.2) is 0 Å². The number of ether oxygens (including phenoxy) is 1. The summed E-state index contributed by atoms with van der Waals surface area (Å²) in [6.45, 7) is 0. The molecule has 1 aromatic carbocycles. The molecule has 0 fully saturated rings. The largest absolute Gasteiger partial charge is 0.495 e. The van der Waals surface area contributed by atoms with Gasteiger partial charge in [0, 0.05) is 22.8 Å². The first kappa shape index (κ1) is 10.7. The Bertz CT molecular complexity index is 396. The zero-order valence-electron chi connectivity index (χ0n) is 8.11. The standard InChI is InChI=1S/C10H11NO2S/c1-13-10-5-8(7-14(2)12)3-4-9(10)6-11/h3-5H,7H2,1-2H3. The quantitative estimate of drug-likeness (QED) is 0.757. The van der Waals surface area contributed by atoms with E-state index in [2.05, 4.69) is 0 Å². The highest BCUT2D eigenvalue weighted by molar-refractivity contribution is 7.83. The molecule has 74 valence electrons. The predicted octanol–water partition coefficient (Wildman–Crippen LogP) is 1.45. The Hall–Kier alpha value is -1.34. The molecule has 4 heteroatoms. The maximum atomic E-state index is 11.0. The van der Waals surface area contributed by atoms with Gasteiger partial charge in [0.05, 0.1) is 12.7 Å². The average molecular weight is 209 g/mol. The molecule has 0 saturated carbocycles. The molecule has 0 N–H and O–H groups in total. The molecule has 0 saturated heterocycles. The molecule has 1 aromatic rings. The van der Waals surface area contributed by atoms with Gasteiger partial charge < -0.3 is 4.74 Å². The maximum absolute atomic E-state index is 11.0. The van der Waals surface area contributed by atoms with Gasteiger partial charge in [-0.05, 0) is 17.7 Å². The molecule has 14 heavy (non-hydrogen) atoms. The molecule has 0 heterocycles. The number of methoxy groups -OCH3 is 1. The highest BCUT2D eigenvalue weighted by Crippen LogP contribution is 2.19. The fraction of sp³-hybridized carbons (Fsp3) is 0.300. The Labute approximate surface area is 85.8 Å². The van der Waals surface area contributed by atoms with Crippen LogP contribution >= 0.6 is 0 Å². The topological polar surface area (TPSA) is 50.1 Å². The van der Waals surface area contributed by atoms with Crippen LogP contribution in [0.1, 0.15) is 11.1 Å². The summed E-state index contributed by atoms with van der Waals surface area (Å²) in [5.74, 6) is 1.03. The molecule has 1 rings (SSSR count). The van der Waals surface area contributed by atoms with Crippen molar-refractivity contribution < 1.29 is 8.95 Å². The van der Waals surface area contributed by atoms with Crippen LogP contribution in [0.3, 0.4) is 0 Å². The Balaban J connectivity index is 3.03. The molecular formula is C10H11NO2S. The van der Waals surface area contributed by atoms with Crippen molar-refractivity contribution in [3.63, 3.8) is 0 Å². The van der Waals surface area contributed by atoms with Crippen LogP contribution in [0.15, 0.2) is 18.2 Å². The lowest BCUT2D eigenvalue weighted by atomic mass is 10.1. The third kappa shape index (κ3) is 2.57. The second kappa shape index (κ2) is 4.77. The molecule has 0 spiro atoms. The van der Waals surface area contributed by atoms with E-state index in [9.17, 15) is 4.21 Å². The van der Waals surface area contributed by atoms with E-state index in [1.165, 1.54) is 7.11 Å². The SMILES string of the molecule is COc1cc(CS(C)=O)ccc1C#N. The van der Waals surface area contributed by atoms with Crippen LogP contribution in [0.4, 0.5) is 0 Å². The lowest BCUT2D eigenvalue weighted by Crippen LogP contribution is -1.95. The second-order valence-electron chi connectivity index (χ2n) is 2.86. The molecule has 0 aromatic heterocycles. The minimum atomic E-state index is -0.874. The number of hydrogen-bond acceptors (Lipinski definition) is 3. The summed E-state index contributed by atoms with van der Waals surface area (Å²) in [4.78, 5) is 0. The first-order valence-electron chi connectivity index (χ1n) is 4.04. The van der Waals surface area contributed by atoms with Crippen LogP contribution in [0, 0.1) is 11.3 Å². The summed E-state index contributed by atoms with van der Waals surface area (Å²) >= 11 is 0. The van der Waals surface area contributed by atoms with Crippen molar-refractivity contribution in [2.45, 2.75) is 5.75 Å². The van der Waals surface area contributed by atoms with Gasteiger partial charge in [0.15, 0.2) is 0 Å². The lowest BCUT2D eigenvalue weighted by molar-refractivity contribution is 0.413. The highest BCUT2D eigenvalue weighted by Gasteiger charge is 2.04. The van der Waals surface area contributed by atoms with E-state index >= 15 is 0 Å². The minimum Gasteiger partial charge on any atom is -0.495 e. The Kier molecular flexibility index (Phi) is 3.66.